The van der Waals surface area contributed by atoms with Gasteiger partial charge in [0.05, 0.1) is 26.7 Å². The van der Waals surface area contributed by atoms with Crippen molar-refractivity contribution in [1.29, 1.82) is 0 Å². The third kappa shape index (κ3) is 1.73. The van der Waals surface area contributed by atoms with Crippen molar-refractivity contribution < 1.29 is 19.0 Å². The van der Waals surface area contributed by atoms with Crippen molar-refractivity contribution in [2.45, 2.75) is 0 Å². The number of nitrogens with zero attached hydrogens (tertiary/aromatic N) is 1. The summed E-state index contributed by atoms with van der Waals surface area (Å²) in [5, 5.41) is 1.43. The molecule has 0 aliphatic rings. The van der Waals surface area contributed by atoms with Gasteiger partial charge in [-0.15, -0.1) is 0 Å². The van der Waals surface area contributed by atoms with E-state index in [2.05, 4.69) is 4.98 Å². The lowest BCUT2D eigenvalue weighted by atomic mass is 10.1. The van der Waals surface area contributed by atoms with Crippen LogP contribution in [0.1, 0.15) is 10.5 Å². The molecule has 0 radical (unpaired) electrons. The molecule has 18 heavy (non-hydrogen) atoms. The Bertz CT molecular complexity index is 595. The van der Waals surface area contributed by atoms with Crippen LogP contribution < -0.4 is 14.2 Å². The number of fused-ring (bicyclic) bond motifs is 1. The van der Waals surface area contributed by atoms with E-state index in [1.54, 1.807) is 25.4 Å². The van der Waals surface area contributed by atoms with Crippen LogP contribution in [0.5, 0.6) is 17.2 Å². The highest BCUT2D eigenvalue weighted by molar-refractivity contribution is 6.02. The molecule has 0 N–H and O–H groups in total. The summed E-state index contributed by atoms with van der Waals surface area (Å²) in [4.78, 5) is 15.1. The first-order chi connectivity index (χ1) is 8.76. The molecule has 2 aromatic rings. The summed E-state index contributed by atoms with van der Waals surface area (Å²) in [6.07, 6.45) is 2.26. The minimum absolute atomic E-state index is 0.310. The molecule has 1 heterocycles. The quantitative estimate of drug-likeness (QED) is 0.774. The predicted octanol–water partition coefficient (Wildman–Crippen LogP) is 2.07. The molecule has 0 aliphatic heterocycles. The number of carbonyl (C=O) groups is 1. The van der Waals surface area contributed by atoms with E-state index in [-0.39, 0.29) is 0 Å². The Balaban J connectivity index is 2.93. The van der Waals surface area contributed by atoms with E-state index in [1.807, 2.05) is 0 Å². The fraction of sp³-hybridized carbons (Fsp3) is 0.231. The van der Waals surface area contributed by atoms with Crippen molar-refractivity contribution in [3.63, 3.8) is 0 Å². The highest BCUT2D eigenvalue weighted by Gasteiger charge is 2.18. The van der Waals surface area contributed by atoms with Gasteiger partial charge >= 0.3 is 0 Å². The van der Waals surface area contributed by atoms with Crippen molar-refractivity contribution in [3.8, 4) is 17.2 Å². The van der Waals surface area contributed by atoms with E-state index in [0.29, 0.717) is 34.6 Å². The molecule has 0 saturated heterocycles. The average molecular weight is 247 g/mol. The summed E-state index contributed by atoms with van der Waals surface area (Å²) >= 11 is 0. The van der Waals surface area contributed by atoms with E-state index in [1.165, 1.54) is 14.2 Å². The van der Waals surface area contributed by atoms with Gasteiger partial charge in [-0.3, -0.25) is 9.78 Å². The van der Waals surface area contributed by atoms with Gasteiger partial charge in [0.1, 0.15) is 5.69 Å². The molecule has 5 nitrogen and oxygen atoms in total. The molecule has 0 bridgehead atoms. The average Bonchev–Trinajstić information content (AvgIpc) is 2.43. The van der Waals surface area contributed by atoms with Gasteiger partial charge in [-0.1, -0.05) is 0 Å². The Morgan fingerprint density at radius 3 is 2.39 bits per heavy atom. The molecule has 1 aromatic heterocycles. The van der Waals surface area contributed by atoms with Gasteiger partial charge in [0.15, 0.2) is 17.8 Å². The fourth-order valence-electron chi connectivity index (χ4n) is 1.92. The predicted molar refractivity (Wildman–Crippen MR) is 66.8 cm³/mol. The third-order valence-corrected chi connectivity index (χ3v) is 2.70. The van der Waals surface area contributed by atoms with Gasteiger partial charge in [0, 0.05) is 6.20 Å². The van der Waals surface area contributed by atoms with Crippen LogP contribution in [-0.4, -0.2) is 32.6 Å². The first-order valence-corrected chi connectivity index (χ1v) is 5.29. The minimum atomic E-state index is 0.310. The molecule has 0 saturated carbocycles. The molecule has 2 rings (SSSR count). The van der Waals surface area contributed by atoms with Gasteiger partial charge in [0.25, 0.3) is 0 Å². The smallest absolute Gasteiger partial charge is 0.204 e. The van der Waals surface area contributed by atoms with Crippen molar-refractivity contribution in [2.24, 2.45) is 0 Å². The Hall–Kier alpha value is -2.30. The van der Waals surface area contributed by atoms with E-state index < -0.39 is 0 Å². The molecular weight excluding hydrogens is 234 g/mol. The van der Waals surface area contributed by atoms with Crippen molar-refractivity contribution in [2.75, 3.05) is 21.3 Å². The fourth-order valence-corrected chi connectivity index (χ4v) is 1.92. The van der Waals surface area contributed by atoms with Crippen LogP contribution in [0, 0.1) is 0 Å². The van der Waals surface area contributed by atoms with Crippen molar-refractivity contribution in [3.05, 3.63) is 24.0 Å². The number of benzene rings is 1. The molecule has 5 heteroatoms. The van der Waals surface area contributed by atoms with E-state index >= 15 is 0 Å². The van der Waals surface area contributed by atoms with Gasteiger partial charge in [-0.05, 0) is 17.5 Å². The molecule has 0 fully saturated rings. The normalized spacial score (nSPS) is 10.2. The van der Waals surface area contributed by atoms with Crippen molar-refractivity contribution in [1.82, 2.24) is 4.98 Å². The zero-order valence-corrected chi connectivity index (χ0v) is 10.4. The van der Waals surface area contributed by atoms with E-state index in [0.717, 1.165) is 5.39 Å². The number of carbonyl (C=O) groups excluding carboxylic acids is 1. The maximum Gasteiger partial charge on any atom is 0.204 e. The second-order valence-electron chi connectivity index (χ2n) is 3.56. The molecule has 1 aromatic carbocycles. The van der Waals surface area contributed by atoms with Crippen LogP contribution in [-0.2, 0) is 0 Å². The van der Waals surface area contributed by atoms with Crippen LogP contribution in [0.4, 0.5) is 0 Å². The number of hydrogen-bond acceptors (Lipinski definition) is 5. The minimum Gasteiger partial charge on any atom is -0.493 e. The Morgan fingerprint density at radius 1 is 1.11 bits per heavy atom. The largest absolute Gasteiger partial charge is 0.493 e. The zero-order valence-electron chi connectivity index (χ0n) is 10.4. The second-order valence-corrected chi connectivity index (χ2v) is 3.56. The van der Waals surface area contributed by atoms with E-state index in [4.69, 9.17) is 14.2 Å². The first-order valence-electron chi connectivity index (χ1n) is 5.29. The van der Waals surface area contributed by atoms with Crippen LogP contribution in [0.2, 0.25) is 0 Å². The molecule has 0 amide bonds. The Morgan fingerprint density at radius 2 is 1.83 bits per heavy atom. The topological polar surface area (TPSA) is 57.7 Å². The summed E-state index contributed by atoms with van der Waals surface area (Å²) in [7, 11) is 4.58. The van der Waals surface area contributed by atoms with Gasteiger partial charge < -0.3 is 14.2 Å². The maximum atomic E-state index is 11.1. The molecule has 0 unspecified atom stereocenters. The number of methoxy groups -OCH3 is 3. The Kier molecular flexibility index (Phi) is 3.32. The van der Waals surface area contributed by atoms with Gasteiger partial charge in [-0.25, -0.2) is 0 Å². The first kappa shape index (κ1) is 12.2. The number of pyridine rings is 1. The summed E-state index contributed by atoms with van der Waals surface area (Å²) < 4.78 is 15.8. The summed E-state index contributed by atoms with van der Waals surface area (Å²) in [6.45, 7) is 0. The molecular formula is C13H13NO4. The highest BCUT2D eigenvalue weighted by Crippen LogP contribution is 2.43. The third-order valence-electron chi connectivity index (χ3n) is 2.70. The summed E-state index contributed by atoms with van der Waals surface area (Å²) in [5.41, 5.74) is 0.310. The maximum absolute atomic E-state index is 11.1. The lowest BCUT2D eigenvalue weighted by Crippen LogP contribution is -1.98. The van der Waals surface area contributed by atoms with Crippen LogP contribution in [0.3, 0.4) is 0 Å². The number of rotatable bonds is 4. The SMILES string of the molecule is COc1cc2ccnc(C=O)c2c(OC)c1OC. The molecule has 0 atom stereocenters. The zero-order chi connectivity index (χ0) is 13.1. The number of ether oxygens (including phenoxy) is 3. The Labute approximate surface area is 104 Å². The van der Waals surface area contributed by atoms with E-state index in [9.17, 15) is 4.79 Å². The molecule has 0 spiro atoms. The second kappa shape index (κ2) is 4.91. The van der Waals surface area contributed by atoms with Crippen LogP contribution in [0.15, 0.2) is 18.3 Å². The van der Waals surface area contributed by atoms with Gasteiger partial charge in [-0.2, -0.15) is 0 Å². The lowest BCUT2D eigenvalue weighted by molar-refractivity contribution is 0.112. The molecule has 94 valence electrons. The summed E-state index contributed by atoms with van der Waals surface area (Å²) in [5.74, 6) is 1.44. The van der Waals surface area contributed by atoms with Crippen LogP contribution in [0.25, 0.3) is 10.8 Å². The number of aldehydes is 1. The number of aromatic nitrogens is 1. The standard InChI is InChI=1S/C13H13NO4/c1-16-10-6-8-4-5-14-9(7-15)11(8)13(18-3)12(10)17-2/h4-7H,1-3H3. The van der Waals surface area contributed by atoms with Crippen molar-refractivity contribution >= 4 is 17.1 Å². The number of hydrogen-bond donors (Lipinski definition) is 0. The highest BCUT2D eigenvalue weighted by atomic mass is 16.5. The lowest BCUT2D eigenvalue weighted by Gasteiger charge is -2.15. The van der Waals surface area contributed by atoms with Crippen LogP contribution >= 0.6 is 0 Å². The monoisotopic (exact) mass is 247 g/mol. The summed E-state index contributed by atoms with van der Waals surface area (Å²) in [6, 6.07) is 3.57. The van der Waals surface area contributed by atoms with Gasteiger partial charge in [0.2, 0.25) is 5.75 Å². The molecule has 0 aliphatic carbocycles.